The van der Waals surface area contributed by atoms with Gasteiger partial charge in [-0.3, -0.25) is 0 Å². The van der Waals surface area contributed by atoms with Gasteiger partial charge in [0.2, 0.25) is 0 Å². The van der Waals surface area contributed by atoms with Gasteiger partial charge in [-0.25, -0.2) is 0 Å². The van der Waals surface area contributed by atoms with Gasteiger partial charge < -0.3 is 4.74 Å². The minimum Gasteiger partial charge on any atom is -0.434 e. The zero-order valence-corrected chi connectivity index (χ0v) is 9.30. The second kappa shape index (κ2) is 5.03. The highest BCUT2D eigenvalue weighted by atomic mass is 35.5. The largest absolute Gasteiger partial charge is 0.434 e. The first-order chi connectivity index (χ1) is 8.43. The molecule has 0 aliphatic heterocycles. The van der Waals surface area contributed by atoms with Gasteiger partial charge in [-0.15, -0.1) is 0 Å². The molecule has 1 nitrogen and oxygen atoms in total. The van der Waals surface area contributed by atoms with E-state index >= 15 is 0 Å². The fourth-order valence-corrected chi connectivity index (χ4v) is 1.45. The first-order valence-electron chi connectivity index (χ1n) is 4.35. The molecule has 0 saturated carbocycles. The molecule has 1 aromatic rings. The minimum atomic E-state index is -5.30. The average Bonchev–Trinajstić information content (AvgIpc) is 2.11. The van der Waals surface area contributed by atoms with E-state index in [1.54, 1.807) is 0 Å². The Labute approximate surface area is 105 Å². The smallest absolute Gasteiger partial charge is 0.419 e. The van der Waals surface area contributed by atoms with Gasteiger partial charge in [0, 0.05) is 6.07 Å². The zero-order chi connectivity index (χ0) is 15.0. The molecule has 0 aliphatic carbocycles. The monoisotopic (exact) mass is 314 g/mol. The standard InChI is InChI=1S/C9H3ClF8O/c10-5-2-6(19-7(11)12)4(9(16,17)18)1-3(5)8(13,14)15/h1-2,7H. The maximum absolute atomic E-state index is 12.5. The third-order valence-corrected chi connectivity index (χ3v) is 2.21. The molecule has 0 bridgehead atoms. The maximum Gasteiger partial charge on any atom is 0.419 e. The van der Waals surface area contributed by atoms with Crippen molar-refractivity contribution in [2.45, 2.75) is 19.0 Å². The van der Waals surface area contributed by atoms with Crippen LogP contribution < -0.4 is 4.74 Å². The molecule has 0 aliphatic rings. The second-order valence-corrected chi connectivity index (χ2v) is 3.61. The number of ether oxygens (including phenoxy) is 1. The van der Waals surface area contributed by atoms with Gasteiger partial charge >= 0.3 is 19.0 Å². The summed E-state index contributed by atoms with van der Waals surface area (Å²) in [6.07, 6.45) is -10.4. The molecule has 0 unspecified atom stereocenters. The zero-order valence-electron chi connectivity index (χ0n) is 8.54. The molecule has 0 heterocycles. The van der Waals surface area contributed by atoms with Crippen LogP contribution >= 0.6 is 11.6 Å². The third kappa shape index (κ3) is 3.85. The third-order valence-electron chi connectivity index (χ3n) is 1.90. The molecule has 0 aromatic heterocycles. The summed E-state index contributed by atoms with van der Waals surface area (Å²) in [4.78, 5) is 0. The lowest BCUT2D eigenvalue weighted by atomic mass is 10.1. The second-order valence-electron chi connectivity index (χ2n) is 3.20. The first kappa shape index (κ1) is 15.8. The molecular weight excluding hydrogens is 312 g/mol. The fraction of sp³-hybridized carbons (Fsp3) is 0.333. The van der Waals surface area contributed by atoms with Crippen molar-refractivity contribution in [2.75, 3.05) is 0 Å². The van der Waals surface area contributed by atoms with Crippen molar-refractivity contribution in [3.63, 3.8) is 0 Å². The van der Waals surface area contributed by atoms with Crippen molar-refractivity contribution < 1.29 is 39.9 Å². The van der Waals surface area contributed by atoms with E-state index in [-0.39, 0.29) is 12.1 Å². The Morgan fingerprint density at radius 1 is 0.895 bits per heavy atom. The van der Waals surface area contributed by atoms with Crippen molar-refractivity contribution >= 4 is 11.6 Å². The summed E-state index contributed by atoms with van der Waals surface area (Å²) in [5.74, 6) is -1.47. The van der Waals surface area contributed by atoms with Crippen LogP contribution in [0.3, 0.4) is 0 Å². The van der Waals surface area contributed by atoms with Crippen LogP contribution in [0.2, 0.25) is 5.02 Å². The van der Waals surface area contributed by atoms with Crippen LogP contribution in [0.15, 0.2) is 12.1 Å². The summed E-state index contributed by atoms with van der Waals surface area (Å²) in [6.45, 7) is -3.63. The van der Waals surface area contributed by atoms with E-state index in [2.05, 4.69) is 4.74 Å². The first-order valence-corrected chi connectivity index (χ1v) is 4.73. The molecule has 0 radical (unpaired) electrons. The Morgan fingerprint density at radius 3 is 1.74 bits per heavy atom. The molecule has 108 valence electrons. The summed E-state index contributed by atoms with van der Waals surface area (Å²) in [6, 6.07) is -0.320. The molecule has 0 saturated heterocycles. The Kier molecular flexibility index (Phi) is 4.18. The summed E-state index contributed by atoms with van der Waals surface area (Å²) in [5, 5.41) is -1.17. The van der Waals surface area contributed by atoms with Crippen LogP contribution in [0, 0.1) is 0 Å². The highest BCUT2D eigenvalue weighted by Gasteiger charge is 2.41. The van der Waals surface area contributed by atoms with Gasteiger partial charge in [0.05, 0.1) is 16.1 Å². The number of halogens is 9. The molecule has 1 aromatic carbocycles. The predicted octanol–water partition coefficient (Wildman–Crippen LogP) is 4.98. The number of benzene rings is 1. The van der Waals surface area contributed by atoms with E-state index in [0.717, 1.165) is 0 Å². The van der Waals surface area contributed by atoms with Crippen molar-refractivity contribution in [2.24, 2.45) is 0 Å². The molecule has 0 spiro atoms. The molecular formula is C9H3ClF8O. The predicted molar refractivity (Wildman–Crippen MR) is 48.1 cm³/mol. The van der Waals surface area contributed by atoms with Gasteiger partial charge in [-0.1, -0.05) is 11.6 Å². The number of hydrogen-bond donors (Lipinski definition) is 0. The molecule has 0 fully saturated rings. The Morgan fingerprint density at radius 2 is 1.37 bits per heavy atom. The lowest BCUT2D eigenvalue weighted by molar-refractivity contribution is -0.145. The molecule has 1 rings (SSSR count). The quantitative estimate of drug-likeness (QED) is 0.700. The molecule has 0 atom stereocenters. The summed E-state index contributed by atoms with van der Waals surface area (Å²) < 4.78 is 102. The van der Waals surface area contributed by atoms with Crippen LogP contribution in [0.25, 0.3) is 0 Å². The normalized spacial score (nSPS) is 12.9. The van der Waals surface area contributed by atoms with Crippen LogP contribution in [0.4, 0.5) is 35.1 Å². The van der Waals surface area contributed by atoms with E-state index in [1.807, 2.05) is 0 Å². The van der Waals surface area contributed by atoms with Crippen LogP contribution in [0.5, 0.6) is 5.75 Å². The Hall–Kier alpha value is -1.25. The topological polar surface area (TPSA) is 9.23 Å². The van der Waals surface area contributed by atoms with Crippen LogP contribution in [-0.4, -0.2) is 6.61 Å². The summed E-state index contributed by atoms with van der Waals surface area (Å²) in [5.41, 5.74) is -3.77. The van der Waals surface area contributed by atoms with Gasteiger partial charge in [-0.2, -0.15) is 35.1 Å². The number of hydrogen-bond acceptors (Lipinski definition) is 1. The summed E-state index contributed by atoms with van der Waals surface area (Å²) in [7, 11) is 0. The van der Waals surface area contributed by atoms with Crippen molar-refractivity contribution in [1.82, 2.24) is 0 Å². The average molecular weight is 315 g/mol. The summed E-state index contributed by atoms with van der Waals surface area (Å²) >= 11 is 5.11. The fourth-order valence-electron chi connectivity index (χ4n) is 1.19. The SMILES string of the molecule is FC(F)Oc1cc(Cl)c(C(F)(F)F)cc1C(F)(F)F. The van der Waals surface area contributed by atoms with Gasteiger partial charge in [0.1, 0.15) is 5.75 Å². The highest BCUT2D eigenvalue weighted by molar-refractivity contribution is 6.31. The van der Waals surface area contributed by atoms with E-state index in [4.69, 9.17) is 11.6 Å². The van der Waals surface area contributed by atoms with Crippen LogP contribution in [0.1, 0.15) is 11.1 Å². The minimum absolute atomic E-state index is 0.0549. The Bertz CT molecular complexity index is 465. The van der Waals surface area contributed by atoms with Gasteiger partial charge in [0.25, 0.3) is 0 Å². The molecule has 0 amide bonds. The lowest BCUT2D eigenvalue weighted by Crippen LogP contribution is -2.15. The van der Waals surface area contributed by atoms with E-state index in [1.165, 1.54) is 0 Å². The van der Waals surface area contributed by atoms with Crippen LogP contribution in [-0.2, 0) is 12.4 Å². The van der Waals surface area contributed by atoms with Gasteiger partial charge in [-0.05, 0) is 6.07 Å². The van der Waals surface area contributed by atoms with Gasteiger partial charge in [0.15, 0.2) is 0 Å². The van der Waals surface area contributed by atoms with E-state index in [0.29, 0.717) is 0 Å². The lowest BCUT2D eigenvalue weighted by Gasteiger charge is -2.17. The Balaban J connectivity index is 3.46. The van der Waals surface area contributed by atoms with Crippen molar-refractivity contribution in [3.8, 4) is 5.75 Å². The van der Waals surface area contributed by atoms with E-state index < -0.39 is 40.9 Å². The number of rotatable bonds is 2. The highest BCUT2D eigenvalue weighted by Crippen LogP contribution is 2.44. The molecule has 0 N–H and O–H groups in total. The number of alkyl halides is 8. The molecule has 19 heavy (non-hydrogen) atoms. The molecule has 10 heteroatoms. The van der Waals surface area contributed by atoms with Crippen molar-refractivity contribution in [3.05, 3.63) is 28.3 Å². The van der Waals surface area contributed by atoms with Crippen molar-refractivity contribution in [1.29, 1.82) is 0 Å². The van der Waals surface area contributed by atoms with E-state index in [9.17, 15) is 35.1 Å². The maximum atomic E-state index is 12.5.